The van der Waals surface area contributed by atoms with Gasteiger partial charge in [-0.3, -0.25) is 4.79 Å². The molecule has 0 aromatic rings. The van der Waals surface area contributed by atoms with Crippen LogP contribution < -0.4 is 5.73 Å². The highest BCUT2D eigenvalue weighted by Crippen LogP contribution is 1.98. The van der Waals surface area contributed by atoms with Crippen LogP contribution in [0.15, 0.2) is 0 Å². The first-order valence-corrected chi connectivity index (χ1v) is 5.14. The van der Waals surface area contributed by atoms with E-state index in [4.69, 9.17) is 5.73 Å². The van der Waals surface area contributed by atoms with Crippen LogP contribution in [-0.2, 0) is 4.79 Å². The SMILES string of the molecule is CCC[C@H](N)C(=O)N(C)CCN(C)C. The maximum atomic E-state index is 11.6. The zero-order chi connectivity index (χ0) is 11.1. The molecule has 0 saturated carbocycles. The number of likely N-dealkylation sites (N-methyl/N-ethyl adjacent to an activating group) is 2. The van der Waals surface area contributed by atoms with Gasteiger partial charge in [-0.05, 0) is 20.5 Å². The predicted octanol–water partition coefficient (Wildman–Crippen LogP) is 0.134. The highest BCUT2D eigenvalue weighted by Gasteiger charge is 2.16. The third-order valence-electron chi connectivity index (χ3n) is 2.18. The fourth-order valence-corrected chi connectivity index (χ4v) is 1.18. The molecule has 1 atom stereocenters. The molecule has 2 N–H and O–H groups in total. The van der Waals surface area contributed by atoms with Crippen LogP contribution in [0.2, 0.25) is 0 Å². The van der Waals surface area contributed by atoms with E-state index in [9.17, 15) is 4.79 Å². The Morgan fingerprint density at radius 2 is 1.86 bits per heavy atom. The number of amides is 1. The number of carbonyl (C=O) groups excluding carboxylic acids is 1. The summed E-state index contributed by atoms with van der Waals surface area (Å²) in [5.41, 5.74) is 5.73. The molecule has 0 spiro atoms. The number of carbonyl (C=O) groups is 1. The van der Waals surface area contributed by atoms with Crippen molar-refractivity contribution in [1.29, 1.82) is 0 Å². The average molecular weight is 201 g/mol. The van der Waals surface area contributed by atoms with E-state index in [1.807, 2.05) is 21.0 Å². The van der Waals surface area contributed by atoms with Gasteiger partial charge >= 0.3 is 0 Å². The van der Waals surface area contributed by atoms with Crippen LogP contribution in [-0.4, -0.2) is 56.0 Å². The van der Waals surface area contributed by atoms with E-state index in [-0.39, 0.29) is 11.9 Å². The molecule has 4 heteroatoms. The van der Waals surface area contributed by atoms with Gasteiger partial charge in [0.05, 0.1) is 6.04 Å². The molecule has 0 aliphatic rings. The standard InChI is InChI=1S/C10H23N3O/c1-5-6-9(11)10(14)13(4)8-7-12(2)3/h9H,5-8,11H2,1-4H3/t9-/m0/s1. The Balaban J connectivity index is 3.86. The molecule has 0 unspecified atom stereocenters. The normalized spacial score (nSPS) is 13.0. The summed E-state index contributed by atoms with van der Waals surface area (Å²) >= 11 is 0. The third-order valence-corrected chi connectivity index (χ3v) is 2.18. The van der Waals surface area contributed by atoms with E-state index in [1.165, 1.54) is 0 Å². The van der Waals surface area contributed by atoms with Crippen LogP contribution in [0.5, 0.6) is 0 Å². The van der Waals surface area contributed by atoms with Gasteiger partial charge in [0.1, 0.15) is 0 Å². The topological polar surface area (TPSA) is 49.6 Å². The second-order valence-corrected chi connectivity index (χ2v) is 3.96. The molecule has 1 amide bonds. The molecular formula is C10H23N3O. The summed E-state index contributed by atoms with van der Waals surface area (Å²) in [6.45, 7) is 3.65. The molecule has 0 bridgehead atoms. The monoisotopic (exact) mass is 201 g/mol. The van der Waals surface area contributed by atoms with Crippen LogP contribution in [0.1, 0.15) is 19.8 Å². The maximum Gasteiger partial charge on any atom is 0.239 e. The van der Waals surface area contributed by atoms with Gasteiger partial charge in [-0.25, -0.2) is 0 Å². The van der Waals surface area contributed by atoms with Gasteiger partial charge < -0.3 is 15.5 Å². The van der Waals surface area contributed by atoms with Gasteiger partial charge in [0.15, 0.2) is 0 Å². The number of hydrogen-bond donors (Lipinski definition) is 1. The third kappa shape index (κ3) is 5.19. The van der Waals surface area contributed by atoms with E-state index >= 15 is 0 Å². The Bertz CT molecular complexity index is 171. The van der Waals surface area contributed by atoms with E-state index in [2.05, 4.69) is 4.90 Å². The first-order valence-electron chi connectivity index (χ1n) is 5.14. The summed E-state index contributed by atoms with van der Waals surface area (Å²) in [5, 5.41) is 0. The van der Waals surface area contributed by atoms with Crippen molar-refractivity contribution in [3.05, 3.63) is 0 Å². The molecule has 0 heterocycles. The molecule has 0 aliphatic heterocycles. The molecule has 0 rings (SSSR count). The highest BCUT2D eigenvalue weighted by atomic mass is 16.2. The summed E-state index contributed by atoms with van der Waals surface area (Å²) in [6, 6.07) is -0.327. The van der Waals surface area contributed by atoms with Gasteiger partial charge in [0.2, 0.25) is 5.91 Å². The van der Waals surface area contributed by atoms with Crippen molar-refractivity contribution < 1.29 is 4.79 Å². The van der Waals surface area contributed by atoms with Gasteiger partial charge in [0, 0.05) is 20.1 Å². The van der Waals surface area contributed by atoms with Gasteiger partial charge in [-0.1, -0.05) is 13.3 Å². The molecule has 4 nitrogen and oxygen atoms in total. The second-order valence-electron chi connectivity index (χ2n) is 3.96. The van der Waals surface area contributed by atoms with Crippen LogP contribution in [0, 0.1) is 0 Å². The lowest BCUT2D eigenvalue weighted by Gasteiger charge is -2.22. The van der Waals surface area contributed by atoms with Crippen molar-refractivity contribution in [3.63, 3.8) is 0 Å². The molecule has 84 valence electrons. The minimum Gasteiger partial charge on any atom is -0.343 e. The molecule has 0 saturated heterocycles. The van der Waals surface area contributed by atoms with E-state index in [0.717, 1.165) is 25.9 Å². The number of nitrogens with two attached hydrogens (primary N) is 1. The first-order chi connectivity index (χ1) is 6.49. The number of rotatable bonds is 6. The lowest BCUT2D eigenvalue weighted by atomic mass is 10.1. The zero-order valence-corrected chi connectivity index (χ0v) is 9.79. The average Bonchev–Trinajstić information content (AvgIpc) is 2.13. The lowest BCUT2D eigenvalue weighted by Crippen LogP contribution is -2.43. The van der Waals surface area contributed by atoms with E-state index < -0.39 is 0 Å². The summed E-state index contributed by atoms with van der Waals surface area (Å²) < 4.78 is 0. The molecular weight excluding hydrogens is 178 g/mol. The molecule has 0 aromatic carbocycles. The fourth-order valence-electron chi connectivity index (χ4n) is 1.18. The van der Waals surface area contributed by atoms with E-state index in [1.54, 1.807) is 11.9 Å². The van der Waals surface area contributed by atoms with Crippen molar-refractivity contribution in [3.8, 4) is 0 Å². The highest BCUT2D eigenvalue weighted by molar-refractivity contribution is 5.81. The summed E-state index contributed by atoms with van der Waals surface area (Å²) in [6.07, 6.45) is 1.72. The second kappa shape index (κ2) is 6.79. The largest absolute Gasteiger partial charge is 0.343 e. The minimum absolute atomic E-state index is 0.0497. The Hall–Kier alpha value is -0.610. The van der Waals surface area contributed by atoms with Gasteiger partial charge in [-0.2, -0.15) is 0 Å². The quantitative estimate of drug-likeness (QED) is 0.665. The van der Waals surface area contributed by atoms with Crippen molar-refractivity contribution >= 4 is 5.91 Å². The van der Waals surface area contributed by atoms with Crippen molar-refractivity contribution in [1.82, 2.24) is 9.80 Å². The summed E-state index contributed by atoms with van der Waals surface area (Å²) in [4.78, 5) is 15.4. The van der Waals surface area contributed by atoms with Crippen LogP contribution >= 0.6 is 0 Å². The molecule has 14 heavy (non-hydrogen) atoms. The van der Waals surface area contributed by atoms with Crippen LogP contribution in [0.25, 0.3) is 0 Å². The zero-order valence-electron chi connectivity index (χ0n) is 9.79. The summed E-state index contributed by atoms with van der Waals surface area (Å²) in [7, 11) is 5.79. The molecule has 0 aromatic heterocycles. The Labute approximate surface area is 87.0 Å². The Kier molecular flexibility index (Phi) is 6.49. The van der Waals surface area contributed by atoms with Crippen molar-refractivity contribution in [2.24, 2.45) is 5.73 Å². The Morgan fingerprint density at radius 1 is 1.29 bits per heavy atom. The maximum absolute atomic E-state index is 11.6. The Morgan fingerprint density at radius 3 is 2.29 bits per heavy atom. The smallest absolute Gasteiger partial charge is 0.239 e. The van der Waals surface area contributed by atoms with Gasteiger partial charge in [-0.15, -0.1) is 0 Å². The van der Waals surface area contributed by atoms with Crippen LogP contribution in [0.4, 0.5) is 0 Å². The van der Waals surface area contributed by atoms with Crippen molar-refractivity contribution in [2.45, 2.75) is 25.8 Å². The molecule has 0 fully saturated rings. The predicted molar refractivity (Wildman–Crippen MR) is 59.1 cm³/mol. The van der Waals surface area contributed by atoms with Crippen molar-refractivity contribution in [2.75, 3.05) is 34.2 Å². The van der Waals surface area contributed by atoms with Gasteiger partial charge in [0.25, 0.3) is 0 Å². The molecule has 0 radical (unpaired) electrons. The fraction of sp³-hybridized carbons (Fsp3) is 0.900. The molecule has 0 aliphatic carbocycles. The summed E-state index contributed by atoms with van der Waals surface area (Å²) in [5.74, 6) is 0.0497. The minimum atomic E-state index is -0.327. The first kappa shape index (κ1) is 13.4. The van der Waals surface area contributed by atoms with Crippen LogP contribution in [0.3, 0.4) is 0 Å². The number of nitrogens with zero attached hydrogens (tertiary/aromatic N) is 2. The number of hydrogen-bond acceptors (Lipinski definition) is 3. The van der Waals surface area contributed by atoms with E-state index in [0.29, 0.717) is 0 Å². The lowest BCUT2D eigenvalue weighted by molar-refractivity contribution is -0.131.